The highest BCUT2D eigenvalue weighted by Crippen LogP contribution is 2.06. The Morgan fingerprint density at radius 1 is 1.05 bits per heavy atom. The molecule has 3 aromatic rings. The van der Waals surface area contributed by atoms with Crippen LogP contribution in [0.2, 0.25) is 0 Å². The van der Waals surface area contributed by atoms with Gasteiger partial charge in [0, 0.05) is 20.6 Å². The first kappa shape index (κ1) is 13.9. The second-order valence-electron chi connectivity index (χ2n) is 4.85. The summed E-state index contributed by atoms with van der Waals surface area (Å²) < 4.78 is 2.26. The van der Waals surface area contributed by atoms with E-state index >= 15 is 0 Å². The van der Waals surface area contributed by atoms with Crippen LogP contribution in [0.4, 0.5) is 5.95 Å². The van der Waals surface area contributed by atoms with E-state index in [-0.39, 0.29) is 17.1 Å². The maximum absolute atomic E-state index is 12.0. The third-order valence-corrected chi connectivity index (χ3v) is 3.36. The first-order valence-electron chi connectivity index (χ1n) is 6.66. The molecule has 8 nitrogen and oxygen atoms in total. The summed E-state index contributed by atoms with van der Waals surface area (Å²) in [5, 5.41) is 10.8. The summed E-state index contributed by atoms with van der Waals surface area (Å²) in [4.78, 5) is 28.1. The fraction of sp³-hybridized carbons (Fsp3) is 0.214. The summed E-state index contributed by atoms with van der Waals surface area (Å²) in [6.07, 6.45) is 0. The van der Waals surface area contributed by atoms with Crippen LogP contribution in [0, 0.1) is 0 Å². The van der Waals surface area contributed by atoms with Crippen LogP contribution >= 0.6 is 0 Å². The van der Waals surface area contributed by atoms with Crippen molar-refractivity contribution in [2.75, 3.05) is 5.32 Å². The van der Waals surface area contributed by atoms with Gasteiger partial charge in [-0.3, -0.25) is 13.9 Å². The molecule has 0 unspecified atom stereocenters. The van der Waals surface area contributed by atoms with Crippen molar-refractivity contribution in [3.05, 3.63) is 56.7 Å². The molecule has 0 bridgehead atoms. The van der Waals surface area contributed by atoms with Crippen LogP contribution in [0.25, 0.3) is 11.2 Å². The van der Waals surface area contributed by atoms with E-state index in [4.69, 9.17) is 0 Å². The highest BCUT2D eigenvalue weighted by Gasteiger charge is 2.12. The first-order valence-corrected chi connectivity index (χ1v) is 6.66. The number of nitrogens with zero attached hydrogens (tertiary/aromatic N) is 5. The monoisotopic (exact) mass is 298 g/mol. The van der Waals surface area contributed by atoms with E-state index in [9.17, 15) is 9.59 Å². The number of fused-ring (bicyclic) bond motifs is 1. The third-order valence-electron chi connectivity index (χ3n) is 3.36. The molecule has 0 aliphatic heterocycles. The van der Waals surface area contributed by atoms with Crippen molar-refractivity contribution in [2.24, 2.45) is 14.1 Å². The van der Waals surface area contributed by atoms with Crippen LogP contribution < -0.4 is 16.6 Å². The molecule has 0 atom stereocenters. The molecule has 0 fully saturated rings. The fourth-order valence-corrected chi connectivity index (χ4v) is 2.10. The molecule has 2 aromatic heterocycles. The summed E-state index contributed by atoms with van der Waals surface area (Å²) in [5.74, 6) is 0.264. The smallest absolute Gasteiger partial charge is 0.332 e. The second-order valence-corrected chi connectivity index (χ2v) is 4.85. The number of nitrogens with one attached hydrogen (secondary N) is 1. The van der Waals surface area contributed by atoms with Gasteiger partial charge in [-0.25, -0.2) is 4.79 Å². The zero-order valence-electron chi connectivity index (χ0n) is 12.1. The Morgan fingerprint density at radius 3 is 2.50 bits per heavy atom. The predicted molar refractivity (Wildman–Crippen MR) is 81.6 cm³/mol. The van der Waals surface area contributed by atoms with E-state index < -0.39 is 11.2 Å². The lowest BCUT2D eigenvalue weighted by atomic mass is 10.2. The van der Waals surface area contributed by atoms with Crippen molar-refractivity contribution >= 4 is 17.1 Å². The van der Waals surface area contributed by atoms with Gasteiger partial charge in [-0.2, -0.15) is 4.98 Å². The van der Waals surface area contributed by atoms with Gasteiger partial charge in [0.1, 0.15) is 0 Å². The summed E-state index contributed by atoms with van der Waals surface area (Å²) in [6.45, 7) is 0.521. The highest BCUT2D eigenvalue weighted by atomic mass is 16.2. The number of rotatable bonds is 3. The van der Waals surface area contributed by atoms with E-state index in [2.05, 4.69) is 20.5 Å². The zero-order chi connectivity index (χ0) is 15.7. The Balaban J connectivity index is 2.00. The van der Waals surface area contributed by atoms with E-state index in [1.807, 2.05) is 30.3 Å². The van der Waals surface area contributed by atoms with Gasteiger partial charge >= 0.3 is 5.69 Å². The van der Waals surface area contributed by atoms with Crippen molar-refractivity contribution in [3.63, 3.8) is 0 Å². The van der Waals surface area contributed by atoms with Crippen LogP contribution in [0.3, 0.4) is 0 Å². The topological polar surface area (TPSA) is 94.7 Å². The number of anilines is 1. The molecule has 112 valence electrons. The lowest BCUT2D eigenvalue weighted by Crippen LogP contribution is -2.38. The average molecular weight is 298 g/mol. The van der Waals surface area contributed by atoms with Gasteiger partial charge < -0.3 is 5.32 Å². The molecule has 1 N–H and O–H groups in total. The standard InChI is InChI=1S/C14H14N6O2/c1-19-11-10(12(21)20(2)14(19)22)17-18-13(16-11)15-8-9-6-4-3-5-7-9/h3-7H,8H2,1-2H3,(H,15,16,18). The van der Waals surface area contributed by atoms with Gasteiger partial charge in [-0.1, -0.05) is 30.3 Å². The lowest BCUT2D eigenvalue weighted by Gasteiger charge is -2.08. The Labute approximate surface area is 125 Å². The molecular formula is C14H14N6O2. The number of hydrogen-bond acceptors (Lipinski definition) is 6. The summed E-state index contributed by atoms with van der Waals surface area (Å²) in [6, 6.07) is 9.73. The van der Waals surface area contributed by atoms with Crippen molar-refractivity contribution in [1.82, 2.24) is 24.3 Å². The quantitative estimate of drug-likeness (QED) is 0.733. The molecule has 1 aromatic carbocycles. The van der Waals surface area contributed by atoms with Gasteiger partial charge in [0.25, 0.3) is 5.56 Å². The summed E-state index contributed by atoms with van der Waals surface area (Å²) >= 11 is 0. The van der Waals surface area contributed by atoms with Crippen LogP contribution in [0.1, 0.15) is 5.56 Å². The predicted octanol–water partition coefficient (Wildman–Crippen LogP) is 0.0343. The van der Waals surface area contributed by atoms with Gasteiger partial charge in [-0.05, 0) is 5.56 Å². The number of hydrogen-bond donors (Lipinski definition) is 1. The Morgan fingerprint density at radius 2 is 1.77 bits per heavy atom. The van der Waals surface area contributed by atoms with Crippen molar-refractivity contribution in [1.29, 1.82) is 0 Å². The van der Waals surface area contributed by atoms with Gasteiger partial charge in [0.15, 0.2) is 11.2 Å². The van der Waals surface area contributed by atoms with Gasteiger partial charge in [0.2, 0.25) is 5.95 Å². The minimum atomic E-state index is -0.507. The van der Waals surface area contributed by atoms with Crippen LogP contribution in [-0.4, -0.2) is 24.3 Å². The third kappa shape index (κ3) is 2.34. The molecule has 8 heteroatoms. The molecule has 3 rings (SSSR count). The molecule has 0 amide bonds. The second kappa shape index (κ2) is 5.40. The van der Waals surface area contributed by atoms with Gasteiger partial charge in [-0.15, -0.1) is 10.2 Å². The largest absolute Gasteiger partial charge is 0.349 e. The lowest BCUT2D eigenvalue weighted by molar-refractivity contribution is 0.700. The zero-order valence-corrected chi connectivity index (χ0v) is 12.1. The molecule has 0 saturated heterocycles. The summed E-state index contributed by atoms with van der Waals surface area (Å²) in [5.41, 5.74) is 0.373. The maximum atomic E-state index is 12.0. The minimum Gasteiger partial charge on any atom is -0.349 e. The maximum Gasteiger partial charge on any atom is 0.332 e. The minimum absolute atomic E-state index is 0.0647. The number of aromatic nitrogens is 5. The number of benzene rings is 1. The van der Waals surface area contributed by atoms with Crippen molar-refractivity contribution < 1.29 is 0 Å². The Bertz CT molecular complexity index is 945. The van der Waals surface area contributed by atoms with Gasteiger partial charge in [0.05, 0.1) is 0 Å². The van der Waals surface area contributed by atoms with E-state index in [0.29, 0.717) is 6.54 Å². The van der Waals surface area contributed by atoms with Crippen LogP contribution in [0.5, 0.6) is 0 Å². The van der Waals surface area contributed by atoms with E-state index in [1.165, 1.54) is 11.6 Å². The normalized spacial score (nSPS) is 10.8. The number of aryl methyl sites for hydroxylation is 1. The van der Waals surface area contributed by atoms with Crippen LogP contribution in [0.15, 0.2) is 39.9 Å². The molecule has 0 spiro atoms. The molecular weight excluding hydrogens is 284 g/mol. The Hall–Kier alpha value is -3.03. The van der Waals surface area contributed by atoms with E-state index in [0.717, 1.165) is 10.1 Å². The molecule has 22 heavy (non-hydrogen) atoms. The fourth-order valence-electron chi connectivity index (χ4n) is 2.10. The average Bonchev–Trinajstić information content (AvgIpc) is 2.57. The SMILES string of the molecule is Cn1c(=O)c2nnc(NCc3ccccc3)nc2n(C)c1=O. The van der Waals surface area contributed by atoms with Crippen molar-refractivity contribution in [3.8, 4) is 0 Å². The molecule has 2 heterocycles. The van der Waals surface area contributed by atoms with E-state index in [1.54, 1.807) is 7.05 Å². The highest BCUT2D eigenvalue weighted by molar-refractivity contribution is 5.68. The summed E-state index contributed by atoms with van der Waals surface area (Å²) in [7, 11) is 2.94. The first-order chi connectivity index (χ1) is 10.6. The molecule has 0 aliphatic carbocycles. The molecule has 0 aliphatic rings. The Kier molecular flexibility index (Phi) is 3.42. The van der Waals surface area contributed by atoms with Crippen molar-refractivity contribution in [2.45, 2.75) is 6.54 Å². The van der Waals surface area contributed by atoms with Crippen LogP contribution in [-0.2, 0) is 20.6 Å². The molecule has 0 radical (unpaired) electrons. The molecule has 0 saturated carbocycles.